The number of aromatic nitrogens is 2. The summed E-state index contributed by atoms with van der Waals surface area (Å²) in [5, 5.41) is 9.34. The number of halogens is 3. The highest BCUT2D eigenvalue weighted by atomic mass is 19.4. The van der Waals surface area contributed by atoms with Crippen LogP contribution in [0.25, 0.3) is 5.69 Å². The predicted octanol–water partition coefficient (Wildman–Crippen LogP) is 4.21. The lowest BCUT2D eigenvalue weighted by molar-refractivity contribution is -0.137. The smallest absolute Gasteiger partial charge is 0.334 e. The molecule has 0 aliphatic heterocycles. The maximum atomic E-state index is 12.5. The Morgan fingerprint density at radius 3 is 2.38 bits per heavy atom. The van der Waals surface area contributed by atoms with E-state index in [9.17, 15) is 18.0 Å². The number of nitrogens with zero attached hydrogens (tertiary/aromatic N) is 2. The zero-order valence-electron chi connectivity index (χ0n) is 13.5. The predicted molar refractivity (Wildman–Crippen MR) is 90.9 cm³/mol. The number of hydrogen-bond acceptors (Lipinski definition) is 2. The van der Waals surface area contributed by atoms with Gasteiger partial charge in [0.05, 0.1) is 17.4 Å². The van der Waals surface area contributed by atoms with E-state index in [-0.39, 0.29) is 12.2 Å². The second-order valence-corrected chi connectivity index (χ2v) is 5.51. The molecule has 0 unspecified atom stereocenters. The van der Waals surface area contributed by atoms with Gasteiger partial charge in [0.2, 0.25) is 0 Å². The lowest BCUT2D eigenvalue weighted by Gasteiger charge is -2.09. The summed E-state index contributed by atoms with van der Waals surface area (Å²) in [6.45, 7) is 0.235. The van der Waals surface area contributed by atoms with Crippen LogP contribution >= 0.6 is 0 Å². The molecule has 0 saturated heterocycles. The fourth-order valence-electron chi connectivity index (χ4n) is 2.27. The Labute approximate surface area is 147 Å². The Bertz CT molecular complexity index is 873. The van der Waals surface area contributed by atoms with Crippen molar-refractivity contribution in [1.29, 1.82) is 0 Å². The normalized spacial score (nSPS) is 11.2. The monoisotopic (exact) mass is 360 g/mol. The quantitative estimate of drug-likeness (QED) is 0.732. The Balaban J connectivity index is 1.54. The van der Waals surface area contributed by atoms with Gasteiger partial charge in [-0.15, -0.1) is 0 Å². The van der Waals surface area contributed by atoms with Crippen molar-refractivity contribution in [2.24, 2.45) is 0 Å². The lowest BCUT2D eigenvalue weighted by atomic mass is 10.2. The molecule has 0 radical (unpaired) electrons. The average molecular weight is 360 g/mol. The summed E-state index contributed by atoms with van der Waals surface area (Å²) >= 11 is 0. The molecule has 3 rings (SSSR count). The van der Waals surface area contributed by atoms with Crippen LogP contribution in [0.3, 0.4) is 0 Å². The minimum atomic E-state index is -4.40. The minimum absolute atomic E-state index is 0.235. The molecule has 5 nitrogen and oxygen atoms in total. The second-order valence-electron chi connectivity index (χ2n) is 5.51. The van der Waals surface area contributed by atoms with Crippen molar-refractivity contribution in [1.82, 2.24) is 15.1 Å². The number of carbonyl (C=O) groups excluding carboxylic acids is 1. The molecule has 8 heteroatoms. The number of hydrogen-bond donors (Lipinski definition) is 2. The summed E-state index contributed by atoms with van der Waals surface area (Å²) in [6, 6.07) is 13.2. The van der Waals surface area contributed by atoms with Crippen LogP contribution in [0, 0.1) is 0 Å². The van der Waals surface area contributed by atoms with Gasteiger partial charge in [-0.05, 0) is 36.4 Å². The maximum Gasteiger partial charge on any atom is 0.416 e. The van der Waals surface area contributed by atoms with Gasteiger partial charge in [0.1, 0.15) is 0 Å². The summed E-state index contributed by atoms with van der Waals surface area (Å²) in [6.07, 6.45) is -0.987. The molecular weight excluding hydrogens is 345 g/mol. The molecule has 1 heterocycles. The Hall–Kier alpha value is -3.29. The van der Waals surface area contributed by atoms with Crippen LogP contribution < -0.4 is 10.6 Å². The summed E-state index contributed by atoms with van der Waals surface area (Å²) in [4.78, 5) is 11.9. The number of alkyl halides is 3. The van der Waals surface area contributed by atoms with Crippen molar-refractivity contribution in [3.8, 4) is 5.69 Å². The summed E-state index contributed by atoms with van der Waals surface area (Å²) in [5.41, 5.74) is 1.19. The highest BCUT2D eigenvalue weighted by Crippen LogP contribution is 2.29. The van der Waals surface area contributed by atoms with Crippen molar-refractivity contribution < 1.29 is 18.0 Å². The highest BCUT2D eigenvalue weighted by molar-refractivity contribution is 5.89. The topological polar surface area (TPSA) is 59.0 Å². The molecule has 2 amide bonds. The molecule has 1 aromatic heterocycles. The van der Waals surface area contributed by atoms with Crippen molar-refractivity contribution in [2.45, 2.75) is 12.7 Å². The van der Waals surface area contributed by atoms with Crippen molar-refractivity contribution in [3.05, 3.63) is 78.1 Å². The largest absolute Gasteiger partial charge is 0.416 e. The molecular formula is C18H15F3N4O. The molecule has 0 saturated carbocycles. The van der Waals surface area contributed by atoms with Crippen molar-refractivity contribution >= 4 is 11.7 Å². The zero-order valence-corrected chi connectivity index (χ0v) is 13.5. The number of benzene rings is 2. The fraction of sp³-hybridized carbons (Fsp3) is 0.111. The van der Waals surface area contributed by atoms with Crippen LogP contribution in [-0.4, -0.2) is 15.8 Å². The van der Waals surface area contributed by atoms with E-state index in [1.165, 1.54) is 12.1 Å². The number of nitrogens with one attached hydrogen (secondary N) is 2. The molecule has 2 N–H and O–H groups in total. The highest BCUT2D eigenvalue weighted by Gasteiger charge is 2.29. The van der Waals surface area contributed by atoms with E-state index in [4.69, 9.17) is 0 Å². The molecule has 0 bridgehead atoms. The molecule has 26 heavy (non-hydrogen) atoms. The van der Waals surface area contributed by atoms with Crippen LogP contribution in [0.1, 0.15) is 11.1 Å². The molecule has 3 aromatic rings. The van der Waals surface area contributed by atoms with Gasteiger partial charge in [-0.1, -0.05) is 18.2 Å². The van der Waals surface area contributed by atoms with Gasteiger partial charge in [-0.2, -0.15) is 18.3 Å². The van der Waals surface area contributed by atoms with Gasteiger partial charge in [-0.3, -0.25) is 0 Å². The van der Waals surface area contributed by atoms with Gasteiger partial charge < -0.3 is 10.6 Å². The Morgan fingerprint density at radius 1 is 1.04 bits per heavy atom. The first-order chi connectivity index (χ1) is 12.4. The molecule has 2 aromatic carbocycles. The number of urea groups is 1. The van der Waals surface area contributed by atoms with E-state index in [0.717, 1.165) is 23.4 Å². The average Bonchev–Trinajstić information content (AvgIpc) is 3.09. The summed E-state index contributed by atoms with van der Waals surface area (Å²) < 4.78 is 39.2. The van der Waals surface area contributed by atoms with Gasteiger partial charge in [0.25, 0.3) is 0 Å². The SMILES string of the molecule is O=C(NCc1cnn(-c2ccccc2)c1)Nc1ccc(C(F)(F)F)cc1. The molecule has 0 spiro atoms. The second kappa shape index (κ2) is 7.30. The minimum Gasteiger partial charge on any atom is -0.334 e. The Kier molecular flexibility index (Phi) is 4.92. The van der Waals surface area contributed by atoms with Gasteiger partial charge in [-0.25, -0.2) is 9.48 Å². The van der Waals surface area contributed by atoms with Crippen LogP contribution in [0.2, 0.25) is 0 Å². The number of para-hydroxylation sites is 1. The Morgan fingerprint density at radius 2 is 1.73 bits per heavy atom. The summed E-state index contributed by atoms with van der Waals surface area (Å²) in [7, 11) is 0. The van der Waals surface area contributed by atoms with E-state index >= 15 is 0 Å². The first kappa shape index (κ1) is 17.5. The maximum absolute atomic E-state index is 12.5. The van der Waals surface area contributed by atoms with Crippen LogP contribution in [0.5, 0.6) is 0 Å². The molecule has 134 valence electrons. The van der Waals surface area contributed by atoms with Crippen molar-refractivity contribution in [2.75, 3.05) is 5.32 Å². The van der Waals surface area contributed by atoms with E-state index < -0.39 is 17.8 Å². The van der Waals surface area contributed by atoms with Crippen molar-refractivity contribution in [3.63, 3.8) is 0 Å². The number of carbonyl (C=O) groups is 1. The van der Waals surface area contributed by atoms with Crippen LogP contribution in [-0.2, 0) is 12.7 Å². The van der Waals surface area contributed by atoms with Gasteiger partial charge in [0.15, 0.2) is 0 Å². The molecule has 0 aliphatic rings. The van der Waals surface area contributed by atoms with E-state index in [1.807, 2.05) is 30.3 Å². The van der Waals surface area contributed by atoms with Crippen LogP contribution in [0.15, 0.2) is 67.0 Å². The molecule has 0 atom stereocenters. The first-order valence-electron chi connectivity index (χ1n) is 7.73. The summed E-state index contributed by atoms with van der Waals surface area (Å²) in [5.74, 6) is 0. The van der Waals surface area contributed by atoms with Gasteiger partial charge >= 0.3 is 12.2 Å². The third kappa shape index (κ3) is 4.41. The lowest BCUT2D eigenvalue weighted by Crippen LogP contribution is -2.28. The third-order valence-electron chi connectivity index (χ3n) is 3.58. The van der Waals surface area contributed by atoms with Crippen LogP contribution in [0.4, 0.5) is 23.7 Å². The fourth-order valence-corrected chi connectivity index (χ4v) is 2.27. The van der Waals surface area contributed by atoms with E-state index in [2.05, 4.69) is 15.7 Å². The standard InChI is InChI=1S/C18H15F3N4O/c19-18(20,21)14-6-8-15(9-7-14)24-17(26)22-10-13-11-23-25(12-13)16-4-2-1-3-5-16/h1-9,11-12H,10H2,(H2,22,24,26). The number of rotatable bonds is 4. The number of amides is 2. The van der Waals surface area contributed by atoms with E-state index in [0.29, 0.717) is 0 Å². The van der Waals surface area contributed by atoms with E-state index in [1.54, 1.807) is 17.1 Å². The zero-order chi connectivity index (χ0) is 18.6. The molecule has 0 fully saturated rings. The number of anilines is 1. The first-order valence-corrected chi connectivity index (χ1v) is 7.73. The third-order valence-corrected chi connectivity index (χ3v) is 3.58. The molecule has 0 aliphatic carbocycles. The van der Waals surface area contributed by atoms with Gasteiger partial charge in [0, 0.05) is 24.0 Å².